The number of amides is 1. The van der Waals surface area contributed by atoms with Crippen LogP contribution in [0.5, 0.6) is 5.75 Å². The fourth-order valence-electron chi connectivity index (χ4n) is 2.91. The van der Waals surface area contributed by atoms with E-state index in [-0.39, 0.29) is 21.8 Å². The predicted molar refractivity (Wildman–Crippen MR) is 127 cm³/mol. The van der Waals surface area contributed by atoms with E-state index in [0.717, 1.165) is 11.1 Å². The second-order valence-electron chi connectivity index (χ2n) is 6.97. The van der Waals surface area contributed by atoms with E-state index < -0.39 is 16.0 Å². The summed E-state index contributed by atoms with van der Waals surface area (Å²) in [5, 5.41) is 12.3. The summed E-state index contributed by atoms with van der Waals surface area (Å²) in [4.78, 5) is 12.7. The number of anilines is 1. The second-order valence-corrected chi connectivity index (χ2v) is 9.44. The average molecular weight is 511 g/mol. The number of rotatable bonds is 6. The Hall–Kier alpha value is -3.41. The molecule has 0 bridgehead atoms. The minimum absolute atomic E-state index is 0.00838. The molecule has 0 atom stereocenters. The lowest BCUT2D eigenvalue weighted by molar-refractivity contribution is -0.112. The lowest BCUT2D eigenvalue weighted by atomic mass is 10.1. The zero-order valence-electron chi connectivity index (χ0n) is 17.3. The third-order valence-corrected chi connectivity index (χ3v) is 6.24. The Morgan fingerprint density at radius 2 is 1.78 bits per heavy atom. The van der Waals surface area contributed by atoms with Crippen LogP contribution in [0.25, 0.3) is 6.08 Å². The number of carbonyl (C=O) groups excluding carboxylic acids is 1. The first-order chi connectivity index (χ1) is 15.2. The van der Waals surface area contributed by atoms with E-state index in [4.69, 9.17) is 4.18 Å². The zero-order valence-corrected chi connectivity index (χ0v) is 19.7. The van der Waals surface area contributed by atoms with E-state index in [0.29, 0.717) is 10.2 Å². The summed E-state index contributed by atoms with van der Waals surface area (Å²) < 4.78 is 31.2. The molecule has 6 nitrogen and oxygen atoms in total. The van der Waals surface area contributed by atoms with Gasteiger partial charge in [-0.15, -0.1) is 0 Å². The summed E-state index contributed by atoms with van der Waals surface area (Å²) in [5.41, 5.74) is 2.54. The molecular weight excluding hydrogens is 492 g/mol. The van der Waals surface area contributed by atoms with Crippen LogP contribution in [0.15, 0.2) is 81.7 Å². The van der Waals surface area contributed by atoms with Gasteiger partial charge in [-0.05, 0) is 61.9 Å². The molecule has 0 radical (unpaired) electrons. The van der Waals surface area contributed by atoms with E-state index in [1.807, 2.05) is 32.0 Å². The van der Waals surface area contributed by atoms with Crippen molar-refractivity contribution in [3.63, 3.8) is 0 Å². The number of hydrogen-bond acceptors (Lipinski definition) is 5. The van der Waals surface area contributed by atoms with Gasteiger partial charge in [0.1, 0.15) is 22.3 Å². The molecule has 1 amide bonds. The minimum atomic E-state index is -4.10. The topological polar surface area (TPSA) is 96.3 Å². The Balaban J connectivity index is 1.94. The van der Waals surface area contributed by atoms with Gasteiger partial charge in [-0.2, -0.15) is 13.7 Å². The number of nitriles is 1. The third kappa shape index (κ3) is 5.63. The number of aryl methyl sites for hydroxylation is 2. The quantitative estimate of drug-likeness (QED) is 0.272. The highest BCUT2D eigenvalue weighted by Gasteiger charge is 2.19. The monoisotopic (exact) mass is 510 g/mol. The summed E-state index contributed by atoms with van der Waals surface area (Å²) in [7, 11) is -4.10. The minimum Gasteiger partial charge on any atom is -0.378 e. The van der Waals surface area contributed by atoms with Crippen molar-refractivity contribution in [1.29, 1.82) is 5.26 Å². The normalized spacial score (nSPS) is 11.5. The molecule has 1 N–H and O–H groups in total. The molecule has 0 saturated carbocycles. The molecule has 0 aliphatic heterocycles. The van der Waals surface area contributed by atoms with Gasteiger partial charge in [0.2, 0.25) is 0 Å². The van der Waals surface area contributed by atoms with Gasteiger partial charge >= 0.3 is 10.1 Å². The molecule has 162 valence electrons. The van der Waals surface area contributed by atoms with Crippen LogP contribution < -0.4 is 9.50 Å². The van der Waals surface area contributed by atoms with Crippen molar-refractivity contribution in [3.05, 3.63) is 93.5 Å². The summed E-state index contributed by atoms with van der Waals surface area (Å²) in [6, 6.07) is 19.7. The van der Waals surface area contributed by atoms with Crippen LogP contribution in [0.1, 0.15) is 16.7 Å². The lowest BCUT2D eigenvalue weighted by Gasteiger charge is -2.11. The first kappa shape index (κ1) is 23.3. The molecule has 3 aromatic carbocycles. The van der Waals surface area contributed by atoms with Gasteiger partial charge in [-0.1, -0.05) is 51.8 Å². The van der Waals surface area contributed by atoms with Crippen molar-refractivity contribution in [2.75, 3.05) is 5.32 Å². The number of nitrogens with zero attached hydrogens (tertiary/aromatic N) is 1. The number of halogens is 1. The molecule has 3 rings (SSSR count). The van der Waals surface area contributed by atoms with Crippen LogP contribution in [0.3, 0.4) is 0 Å². The smallest absolute Gasteiger partial charge is 0.339 e. The molecular formula is C24H19BrN2O4S. The van der Waals surface area contributed by atoms with Gasteiger partial charge in [-0.3, -0.25) is 4.79 Å². The number of nitrogens with one attached hydrogen (secondary N) is 1. The molecule has 0 unspecified atom stereocenters. The third-order valence-electron chi connectivity index (χ3n) is 4.50. The number of benzene rings is 3. The first-order valence-electron chi connectivity index (χ1n) is 9.49. The zero-order chi connectivity index (χ0) is 23.3. The average Bonchev–Trinajstić information content (AvgIpc) is 2.76. The Kier molecular flexibility index (Phi) is 7.13. The van der Waals surface area contributed by atoms with Crippen molar-refractivity contribution in [1.82, 2.24) is 0 Å². The van der Waals surface area contributed by atoms with Crippen LogP contribution in [-0.2, 0) is 14.9 Å². The molecule has 0 heterocycles. The number of carbonyl (C=O) groups is 1. The van der Waals surface area contributed by atoms with Gasteiger partial charge in [-0.25, -0.2) is 0 Å². The van der Waals surface area contributed by atoms with Crippen molar-refractivity contribution >= 4 is 43.7 Å². The predicted octanol–water partition coefficient (Wildman–Crippen LogP) is 5.38. The van der Waals surface area contributed by atoms with Crippen LogP contribution in [-0.4, -0.2) is 14.3 Å². The molecule has 8 heteroatoms. The maximum atomic E-state index is 12.7. The molecule has 0 aromatic heterocycles. The largest absolute Gasteiger partial charge is 0.378 e. The Labute approximate surface area is 195 Å². The van der Waals surface area contributed by atoms with E-state index in [2.05, 4.69) is 21.2 Å². The van der Waals surface area contributed by atoms with Gasteiger partial charge < -0.3 is 9.50 Å². The fourth-order valence-corrected chi connectivity index (χ4v) is 4.26. The first-order valence-corrected chi connectivity index (χ1v) is 11.7. The van der Waals surface area contributed by atoms with Crippen molar-refractivity contribution in [3.8, 4) is 11.8 Å². The highest BCUT2D eigenvalue weighted by Crippen LogP contribution is 2.29. The van der Waals surface area contributed by atoms with Crippen molar-refractivity contribution in [2.45, 2.75) is 18.7 Å². The molecule has 0 saturated heterocycles. The maximum absolute atomic E-state index is 12.7. The van der Waals surface area contributed by atoms with Gasteiger partial charge in [0.15, 0.2) is 0 Å². The Bertz CT molecular complexity index is 1340. The standard InChI is InChI=1S/C24H19BrN2O4S/c1-16-8-10-22(17(2)12-16)27-24(28)19(15-26)13-18-14-20(25)9-11-23(18)31-32(29,30)21-6-4-3-5-7-21/h3-14H,1-2H3,(H,27,28)/b19-13+. The fraction of sp³-hybridized carbons (Fsp3) is 0.0833. The Morgan fingerprint density at radius 1 is 1.06 bits per heavy atom. The molecule has 0 aliphatic rings. The molecule has 0 spiro atoms. The van der Waals surface area contributed by atoms with Gasteiger partial charge in [0, 0.05) is 15.7 Å². The summed E-state index contributed by atoms with van der Waals surface area (Å²) >= 11 is 3.32. The molecule has 3 aromatic rings. The molecule has 0 fully saturated rings. The maximum Gasteiger partial charge on any atom is 0.339 e. The van der Waals surface area contributed by atoms with Crippen molar-refractivity contribution < 1.29 is 17.4 Å². The lowest BCUT2D eigenvalue weighted by Crippen LogP contribution is -2.14. The number of hydrogen-bond donors (Lipinski definition) is 1. The highest BCUT2D eigenvalue weighted by molar-refractivity contribution is 9.10. The van der Waals surface area contributed by atoms with E-state index >= 15 is 0 Å². The van der Waals surface area contributed by atoms with Crippen LogP contribution in [0.2, 0.25) is 0 Å². The van der Waals surface area contributed by atoms with Crippen LogP contribution >= 0.6 is 15.9 Å². The second kappa shape index (κ2) is 9.81. The molecule has 32 heavy (non-hydrogen) atoms. The SMILES string of the molecule is Cc1ccc(NC(=O)/C(C#N)=C/c2cc(Br)ccc2OS(=O)(=O)c2ccccc2)c(C)c1. The molecule has 0 aliphatic carbocycles. The highest BCUT2D eigenvalue weighted by atomic mass is 79.9. The van der Waals surface area contributed by atoms with Crippen LogP contribution in [0, 0.1) is 25.2 Å². The Morgan fingerprint density at radius 3 is 2.44 bits per heavy atom. The van der Waals surface area contributed by atoms with Gasteiger partial charge in [0.05, 0.1) is 0 Å². The summed E-state index contributed by atoms with van der Waals surface area (Å²) in [6.07, 6.45) is 1.29. The van der Waals surface area contributed by atoms with Crippen LogP contribution in [0.4, 0.5) is 5.69 Å². The van der Waals surface area contributed by atoms with Gasteiger partial charge in [0.25, 0.3) is 5.91 Å². The summed E-state index contributed by atoms with van der Waals surface area (Å²) in [6.45, 7) is 3.80. The van der Waals surface area contributed by atoms with E-state index in [1.165, 1.54) is 24.3 Å². The summed E-state index contributed by atoms with van der Waals surface area (Å²) in [5.74, 6) is -0.625. The van der Waals surface area contributed by atoms with Crippen molar-refractivity contribution in [2.24, 2.45) is 0 Å². The van der Waals surface area contributed by atoms with E-state index in [1.54, 1.807) is 36.4 Å². The van der Waals surface area contributed by atoms with E-state index in [9.17, 15) is 18.5 Å².